The van der Waals surface area contributed by atoms with Gasteiger partial charge >= 0.3 is 0 Å². The smallest absolute Gasteiger partial charge is 0.165 e. The molecule has 0 atom stereocenters. The Morgan fingerprint density at radius 1 is 1.15 bits per heavy atom. The number of nitrogens with one attached hydrogen (secondary N) is 1. The number of rotatable bonds is 5. The number of hydrogen-bond donors (Lipinski definition) is 1. The highest BCUT2D eigenvalue weighted by Gasteiger charge is 2.26. The van der Waals surface area contributed by atoms with Crippen LogP contribution in [0.25, 0.3) is 16.9 Å². The molecule has 1 aliphatic rings. The minimum Gasteiger partial charge on any atom is -0.364 e. The summed E-state index contributed by atoms with van der Waals surface area (Å²) >= 11 is 0. The topological polar surface area (TPSA) is 73.5 Å². The zero-order chi connectivity index (χ0) is 17.5. The first-order chi connectivity index (χ1) is 12.8. The number of aromatic nitrogens is 6. The van der Waals surface area contributed by atoms with Gasteiger partial charge in [0.25, 0.3) is 0 Å². The van der Waals surface area contributed by atoms with E-state index < -0.39 is 0 Å². The molecule has 0 spiro atoms. The summed E-state index contributed by atoms with van der Waals surface area (Å²) in [5.41, 5.74) is 2.88. The van der Waals surface area contributed by atoms with Crippen molar-refractivity contribution in [3.05, 3.63) is 61.0 Å². The maximum atomic E-state index is 14.4. The molecule has 3 heterocycles. The maximum absolute atomic E-state index is 14.4. The van der Waals surface area contributed by atoms with Crippen molar-refractivity contribution in [2.24, 2.45) is 0 Å². The third kappa shape index (κ3) is 2.59. The average Bonchev–Trinajstić information content (AvgIpc) is 3.18. The molecule has 7 nitrogen and oxygen atoms in total. The average molecular weight is 349 g/mol. The van der Waals surface area contributed by atoms with Gasteiger partial charge in [-0.25, -0.2) is 24.3 Å². The van der Waals surface area contributed by atoms with Crippen molar-refractivity contribution in [2.45, 2.75) is 25.4 Å². The van der Waals surface area contributed by atoms with E-state index in [1.54, 1.807) is 29.4 Å². The molecule has 0 bridgehead atoms. The molecule has 5 rings (SSSR count). The zero-order valence-electron chi connectivity index (χ0n) is 13.9. The molecule has 3 aromatic heterocycles. The molecule has 4 aromatic rings. The highest BCUT2D eigenvalue weighted by molar-refractivity contribution is 5.82. The van der Waals surface area contributed by atoms with Crippen molar-refractivity contribution in [3.8, 4) is 5.69 Å². The molecular formula is C18H16FN7. The molecule has 26 heavy (non-hydrogen) atoms. The van der Waals surface area contributed by atoms with E-state index in [2.05, 4.69) is 29.8 Å². The number of anilines is 1. The van der Waals surface area contributed by atoms with Crippen molar-refractivity contribution in [3.63, 3.8) is 0 Å². The predicted octanol–water partition coefficient (Wildman–Crippen LogP) is 3.10. The molecule has 0 saturated heterocycles. The Balaban J connectivity index is 1.38. The van der Waals surface area contributed by atoms with E-state index >= 15 is 0 Å². The molecule has 1 fully saturated rings. The fourth-order valence-electron chi connectivity index (χ4n) is 3.06. The van der Waals surface area contributed by atoms with Gasteiger partial charge in [0.15, 0.2) is 11.5 Å². The molecule has 1 N–H and O–H groups in total. The van der Waals surface area contributed by atoms with Gasteiger partial charge in [-0.3, -0.25) is 0 Å². The highest BCUT2D eigenvalue weighted by Crippen LogP contribution is 2.37. The van der Waals surface area contributed by atoms with Gasteiger partial charge in [-0.05, 0) is 30.5 Å². The summed E-state index contributed by atoms with van der Waals surface area (Å²) in [6.07, 6.45) is 10.6. The van der Waals surface area contributed by atoms with Crippen LogP contribution in [-0.2, 0) is 6.54 Å². The van der Waals surface area contributed by atoms with Crippen LogP contribution >= 0.6 is 0 Å². The van der Waals surface area contributed by atoms with Gasteiger partial charge in [0, 0.05) is 25.0 Å². The first-order valence-corrected chi connectivity index (χ1v) is 8.48. The Morgan fingerprint density at radius 2 is 2.08 bits per heavy atom. The third-order valence-corrected chi connectivity index (χ3v) is 4.55. The molecule has 1 aromatic carbocycles. The molecular weight excluding hydrogens is 333 g/mol. The summed E-state index contributed by atoms with van der Waals surface area (Å²) in [5, 5.41) is 3.25. The van der Waals surface area contributed by atoms with Gasteiger partial charge in [0.2, 0.25) is 0 Å². The molecule has 130 valence electrons. The molecule has 8 heteroatoms. The largest absolute Gasteiger partial charge is 0.364 e. The molecule has 0 amide bonds. The number of halogens is 1. The Kier molecular flexibility index (Phi) is 3.41. The van der Waals surface area contributed by atoms with Crippen LogP contribution in [0.15, 0.2) is 49.6 Å². The van der Waals surface area contributed by atoms with Crippen LogP contribution < -0.4 is 5.32 Å². The first-order valence-electron chi connectivity index (χ1n) is 8.48. The van der Waals surface area contributed by atoms with Gasteiger partial charge in [-0.2, -0.15) is 0 Å². The van der Waals surface area contributed by atoms with E-state index in [0.29, 0.717) is 24.1 Å². The summed E-state index contributed by atoms with van der Waals surface area (Å²) in [6, 6.07) is 5.65. The number of nitrogens with zero attached hydrogens (tertiary/aromatic N) is 6. The standard InChI is InChI=1S/C18H16FN7/c19-14-7-12(1-4-15(14)25-6-5-20-10-25)8-21-17-16-18(23-9-22-17)26(11-24-16)13-2-3-13/h1,4-7,9-11,13H,2-3,8H2,(H,21,22,23). The maximum Gasteiger partial charge on any atom is 0.165 e. The second-order valence-electron chi connectivity index (χ2n) is 6.39. The highest BCUT2D eigenvalue weighted by atomic mass is 19.1. The normalized spacial score (nSPS) is 14.0. The van der Waals surface area contributed by atoms with E-state index in [1.165, 1.54) is 25.2 Å². The Labute approximate surface area is 148 Å². The van der Waals surface area contributed by atoms with Gasteiger partial charge in [0.05, 0.1) is 18.3 Å². The first kappa shape index (κ1) is 15.0. The van der Waals surface area contributed by atoms with Gasteiger partial charge in [-0.15, -0.1) is 0 Å². The van der Waals surface area contributed by atoms with Gasteiger partial charge in [-0.1, -0.05) is 6.07 Å². The minimum atomic E-state index is -0.298. The number of imidazole rings is 2. The van der Waals surface area contributed by atoms with E-state index in [-0.39, 0.29) is 5.82 Å². The minimum absolute atomic E-state index is 0.298. The molecule has 0 unspecified atom stereocenters. The van der Waals surface area contributed by atoms with Gasteiger partial charge in [0.1, 0.15) is 17.7 Å². The van der Waals surface area contributed by atoms with E-state index in [1.807, 2.05) is 12.4 Å². The van der Waals surface area contributed by atoms with Crippen molar-refractivity contribution in [1.82, 2.24) is 29.1 Å². The molecule has 1 aliphatic carbocycles. The summed E-state index contributed by atoms with van der Waals surface area (Å²) in [4.78, 5) is 17.0. The number of fused-ring (bicyclic) bond motifs is 1. The van der Waals surface area contributed by atoms with E-state index in [9.17, 15) is 4.39 Å². The summed E-state index contributed by atoms with van der Waals surface area (Å²) in [5.74, 6) is 0.363. The van der Waals surface area contributed by atoms with Gasteiger partial charge < -0.3 is 14.5 Å². The molecule has 0 radical (unpaired) electrons. The molecule has 0 aliphatic heterocycles. The van der Waals surface area contributed by atoms with Crippen LogP contribution in [0.3, 0.4) is 0 Å². The van der Waals surface area contributed by atoms with E-state index in [0.717, 1.165) is 16.7 Å². The fraction of sp³-hybridized carbons (Fsp3) is 0.222. The van der Waals surface area contributed by atoms with E-state index in [4.69, 9.17) is 0 Å². The van der Waals surface area contributed by atoms with Crippen molar-refractivity contribution >= 4 is 17.0 Å². The molecule has 1 saturated carbocycles. The Morgan fingerprint density at radius 3 is 2.85 bits per heavy atom. The second-order valence-corrected chi connectivity index (χ2v) is 6.39. The SMILES string of the molecule is Fc1cc(CNc2ncnc3c2ncn3C2CC2)ccc1-n1ccnc1. The number of benzene rings is 1. The van der Waals surface area contributed by atoms with Crippen LogP contribution in [0, 0.1) is 5.82 Å². The fourth-order valence-corrected chi connectivity index (χ4v) is 3.06. The van der Waals surface area contributed by atoms with Crippen LogP contribution in [0.2, 0.25) is 0 Å². The summed E-state index contributed by atoms with van der Waals surface area (Å²) in [6.45, 7) is 0.448. The van der Waals surface area contributed by atoms with Crippen molar-refractivity contribution in [1.29, 1.82) is 0 Å². The van der Waals surface area contributed by atoms with Crippen LogP contribution in [0.4, 0.5) is 10.2 Å². The summed E-state index contributed by atoms with van der Waals surface area (Å²) < 4.78 is 18.1. The zero-order valence-corrected chi connectivity index (χ0v) is 13.9. The third-order valence-electron chi connectivity index (χ3n) is 4.55. The Hall–Kier alpha value is -3.29. The monoisotopic (exact) mass is 349 g/mol. The Bertz CT molecular complexity index is 1070. The predicted molar refractivity (Wildman–Crippen MR) is 94.4 cm³/mol. The van der Waals surface area contributed by atoms with Crippen LogP contribution in [0.5, 0.6) is 0 Å². The summed E-state index contributed by atoms with van der Waals surface area (Å²) in [7, 11) is 0. The lowest BCUT2D eigenvalue weighted by Gasteiger charge is -2.09. The van der Waals surface area contributed by atoms with Crippen molar-refractivity contribution < 1.29 is 4.39 Å². The lowest BCUT2D eigenvalue weighted by atomic mass is 10.2. The second kappa shape index (κ2) is 5.91. The lowest BCUT2D eigenvalue weighted by Crippen LogP contribution is -2.04. The lowest BCUT2D eigenvalue weighted by molar-refractivity contribution is 0.616. The quantitative estimate of drug-likeness (QED) is 0.599. The van der Waals surface area contributed by atoms with Crippen LogP contribution in [-0.4, -0.2) is 29.1 Å². The number of hydrogen-bond acceptors (Lipinski definition) is 5. The van der Waals surface area contributed by atoms with Crippen LogP contribution in [0.1, 0.15) is 24.4 Å². The van der Waals surface area contributed by atoms with Crippen molar-refractivity contribution in [2.75, 3.05) is 5.32 Å².